The molecule has 1 amide bonds. The normalized spacial score (nSPS) is 11.8. The maximum Gasteiger partial charge on any atom is 0.239 e. The molecule has 3 rings (SSSR count). The molecular formula is C19H18ClN3O2S2. The molecule has 0 radical (unpaired) electrons. The van der Waals surface area contributed by atoms with E-state index in [1.807, 2.05) is 55.5 Å². The number of ether oxygens (including phenoxy) is 1. The standard InChI is InChI=1S/C19H18ClN3O2S2/c1-3-16(26-15-10-6-13(20)7-11-15)17(24)21-19-23-22-18(27-19)12-4-8-14(25-2)9-5-12/h4-11,16H,3H2,1-2H3,(H,21,23,24)/t16-/m1/s1. The number of amides is 1. The van der Waals surface area contributed by atoms with Crippen molar-refractivity contribution in [2.75, 3.05) is 12.4 Å². The second-order valence-electron chi connectivity index (χ2n) is 5.60. The number of hydrogen-bond acceptors (Lipinski definition) is 6. The van der Waals surface area contributed by atoms with E-state index < -0.39 is 0 Å². The van der Waals surface area contributed by atoms with Gasteiger partial charge in [0.25, 0.3) is 0 Å². The van der Waals surface area contributed by atoms with Crippen molar-refractivity contribution in [3.8, 4) is 16.3 Å². The number of methoxy groups -OCH3 is 1. The molecule has 1 N–H and O–H groups in total. The number of anilines is 1. The van der Waals surface area contributed by atoms with Crippen LogP contribution in [0.3, 0.4) is 0 Å². The molecule has 0 aliphatic heterocycles. The van der Waals surface area contributed by atoms with Gasteiger partial charge in [-0.25, -0.2) is 0 Å². The molecule has 0 spiro atoms. The van der Waals surface area contributed by atoms with Crippen molar-refractivity contribution in [1.29, 1.82) is 0 Å². The summed E-state index contributed by atoms with van der Waals surface area (Å²) < 4.78 is 5.16. The Hall–Kier alpha value is -2.09. The quantitative estimate of drug-likeness (QED) is 0.521. The number of benzene rings is 2. The molecule has 27 heavy (non-hydrogen) atoms. The Morgan fingerprint density at radius 1 is 1.19 bits per heavy atom. The third-order valence-electron chi connectivity index (χ3n) is 3.75. The van der Waals surface area contributed by atoms with Crippen LogP contribution in [0, 0.1) is 0 Å². The Bertz CT molecular complexity index is 898. The molecule has 0 saturated heterocycles. The number of hydrogen-bond donors (Lipinski definition) is 1. The maximum absolute atomic E-state index is 12.6. The molecule has 1 atom stereocenters. The van der Waals surface area contributed by atoms with Gasteiger partial charge in [-0.1, -0.05) is 29.9 Å². The van der Waals surface area contributed by atoms with E-state index in [9.17, 15) is 4.79 Å². The first-order valence-corrected chi connectivity index (χ1v) is 10.4. The molecule has 0 bridgehead atoms. The summed E-state index contributed by atoms with van der Waals surface area (Å²) in [5.41, 5.74) is 0.927. The van der Waals surface area contributed by atoms with E-state index >= 15 is 0 Å². The molecule has 140 valence electrons. The van der Waals surface area contributed by atoms with Gasteiger partial charge in [0.1, 0.15) is 10.8 Å². The predicted octanol–water partition coefficient (Wildman–Crippen LogP) is 5.38. The number of carbonyl (C=O) groups excluding carboxylic acids is 1. The molecule has 0 saturated carbocycles. The van der Waals surface area contributed by atoms with Gasteiger partial charge in [-0.05, 0) is 55.0 Å². The molecule has 0 aliphatic rings. The van der Waals surface area contributed by atoms with Crippen LogP contribution in [-0.4, -0.2) is 28.5 Å². The van der Waals surface area contributed by atoms with E-state index in [0.717, 1.165) is 21.2 Å². The molecule has 1 aromatic heterocycles. The van der Waals surface area contributed by atoms with Crippen LogP contribution < -0.4 is 10.1 Å². The first-order valence-electron chi connectivity index (χ1n) is 8.30. The number of thioether (sulfide) groups is 1. The lowest BCUT2D eigenvalue weighted by molar-refractivity contribution is -0.115. The van der Waals surface area contributed by atoms with Gasteiger partial charge in [-0.3, -0.25) is 10.1 Å². The van der Waals surface area contributed by atoms with E-state index in [1.165, 1.54) is 23.1 Å². The Morgan fingerprint density at radius 2 is 1.89 bits per heavy atom. The van der Waals surface area contributed by atoms with Crippen molar-refractivity contribution in [3.05, 3.63) is 53.6 Å². The second-order valence-corrected chi connectivity index (χ2v) is 8.29. The lowest BCUT2D eigenvalue weighted by atomic mass is 10.2. The summed E-state index contributed by atoms with van der Waals surface area (Å²) in [5.74, 6) is 0.691. The summed E-state index contributed by atoms with van der Waals surface area (Å²) in [6, 6.07) is 15.0. The third kappa shape index (κ3) is 5.22. The van der Waals surface area contributed by atoms with Crippen molar-refractivity contribution in [3.63, 3.8) is 0 Å². The first-order chi connectivity index (χ1) is 13.1. The average molecular weight is 420 g/mol. The first kappa shape index (κ1) is 19.7. The topological polar surface area (TPSA) is 64.1 Å². The zero-order valence-electron chi connectivity index (χ0n) is 14.8. The van der Waals surface area contributed by atoms with E-state index in [4.69, 9.17) is 16.3 Å². The Labute approximate surface area is 171 Å². The van der Waals surface area contributed by atoms with Crippen LogP contribution in [-0.2, 0) is 4.79 Å². The van der Waals surface area contributed by atoms with E-state index in [1.54, 1.807) is 7.11 Å². The molecule has 5 nitrogen and oxygen atoms in total. The average Bonchev–Trinajstić information content (AvgIpc) is 3.16. The lowest BCUT2D eigenvalue weighted by Crippen LogP contribution is -2.24. The Balaban J connectivity index is 1.65. The molecule has 3 aromatic rings. The van der Waals surface area contributed by atoms with Crippen LogP contribution >= 0.6 is 34.7 Å². The summed E-state index contributed by atoms with van der Waals surface area (Å²) in [7, 11) is 1.62. The highest BCUT2D eigenvalue weighted by atomic mass is 35.5. The SMILES string of the molecule is CC[C@@H](Sc1ccc(Cl)cc1)C(=O)Nc1nnc(-c2ccc(OC)cc2)s1. The minimum Gasteiger partial charge on any atom is -0.497 e. The summed E-state index contributed by atoms with van der Waals surface area (Å²) >= 11 is 8.76. The second kappa shape index (κ2) is 9.21. The van der Waals surface area contributed by atoms with Crippen molar-refractivity contribution >= 4 is 45.7 Å². The minimum absolute atomic E-state index is 0.0881. The fraction of sp³-hybridized carbons (Fsp3) is 0.211. The monoisotopic (exact) mass is 419 g/mol. The van der Waals surface area contributed by atoms with Crippen molar-refractivity contribution in [2.45, 2.75) is 23.5 Å². The van der Waals surface area contributed by atoms with Gasteiger partial charge in [0, 0.05) is 15.5 Å². The number of aromatic nitrogens is 2. The lowest BCUT2D eigenvalue weighted by Gasteiger charge is -2.13. The third-order valence-corrected chi connectivity index (χ3v) is 6.26. The number of nitrogens with one attached hydrogen (secondary N) is 1. The van der Waals surface area contributed by atoms with Crippen molar-refractivity contribution in [1.82, 2.24) is 10.2 Å². The molecule has 0 aliphatic carbocycles. The van der Waals surface area contributed by atoms with Gasteiger partial charge in [-0.2, -0.15) is 0 Å². The van der Waals surface area contributed by atoms with Gasteiger partial charge in [0.2, 0.25) is 11.0 Å². The highest BCUT2D eigenvalue weighted by Crippen LogP contribution is 2.30. The summed E-state index contributed by atoms with van der Waals surface area (Å²) in [5, 5.41) is 12.8. The highest BCUT2D eigenvalue weighted by molar-refractivity contribution is 8.00. The molecule has 1 heterocycles. The molecular weight excluding hydrogens is 402 g/mol. The summed E-state index contributed by atoms with van der Waals surface area (Å²) in [6.45, 7) is 1.98. The zero-order chi connectivity index (χ0) is 19.2. The summed E-state index contributed by atoms with van der Waals surface area (Å²) in [6.07, 6.45) is 0.698. The van der Waals surface area contributed by atoms with Gasteiger partial charge in [0.05, 0.1) is 12.4 Å². The van der Waals surface area contributed by atoms with Crippen molar-refractivity contribution < 1.29 is 9.53 Å². The summed E-state index contributed by atoms with van der Waals surface area (Å²) in [4.78, 5) is 13.6. The molecule has 8 heteroatoms. The number of halogens is 1. The van der Waals surface area contributed by atoms with Gasteiger partial charge >= 0.3 is 0 Å². The van der Waals surface area contributed by atoms with Gasteiger partial charge in [-0.15, -0.1) is 22.0 Å². The van der Waals surface area contributed by atoms with Crippen LogP contribution in [0.5, 0.6) is 5.75 Å². The molecule has 0 unspecified atom stereocenters. The van der Waals surface area contributed by atoms with Gasteiger partial charge in [0.15, 0.2) is 0 Å². The number of carbonyl (C=O) groups is 1. The Morgan fingerprint density at radius 3 is 2.52 bits per heavy atom. The Kier molecular flexibility index (Phi) is 6.71. The fourth-order valence-corrected chi connectivity index (χ4v) is 4.14. The van der Waals surface area contributed by atoms with Crippen LogP contribution in [0.15, 0.2) is 53.4 Å². The largest absolute Gasteiger partial charge is 0.497 e. The van der Waals surface area contributed by atoms with Crippen molar-refractivity contribution in [2.24, 2.45) is 0 Å². The van der Waals surface area contributed by atoms with Crippen LogP contribution in [0.1, 0.15) is 13.3 Å². The van der Waals surface area contributed by atoms with E-state index in [2.05, 4.69) is 15.5 Å². The maximum atomic E-state index is 12.6. The number of nitrogens with zero attached hydrogens (tertiary/aromatic N) is 2. The zero-order valence-corrected chi connectivity index (χ0v) is 17.2. The predicted molar refractivity (Wildman–Crippen MR) is 112 cm³/mol. The van der Waals surface area contributed by atoms with E-state index in [0.29, 0.717) is 16.6 Å². The highest BCUT2D eigenvalue weighted by Gasteiger charge is 2.20. The van der Waals surface area contributed by atoms with Crippen LogP contribution in [0.4, 0.5) is 5.13 Å². The fourth-order valence-electron chi connectivity index (χ4n) is 2.31. The number of rotatable bonds is 7. The van der Waals surface area contributed by atoms with Crippen LogP contribution in [0.25, 0.3) is 10.6 Å². The minimum atomic E-state index is -0.223. The smallest absolute Gasteiger partial charge is 0.239 e. The van der Waals surface area contributed by atoms with Crippen LogP contribution in [0.2, 0.25) is 5.02 Å². The van der Waals surface area contributed by atoms with E-state index in [-0.39, 0.29) is 11.2 Å². The molecule has 2 aromatic carbocycles. The van der Waals surface area contributed by atoms with Gasteiger partial charge < -0.3 is 4.74 Å². The molecule has 0 fully saturated rings.